The van der Waals surface area contributed by atoms with Gasteiger partial charge < -0.3 is 9.47 Å². The van der Waals surface area contributed by atoms with Crippen LogP contribution in [0.15, 0.2) is 71.6 Å². The van der Waals surface area contributed by atoms with Crippen LogP contribution in [0.5, 0.6) is 17.2 Å². The Hall–Kier alpha value is -2.82. The first-order valence-electron chi connectivity index (χ1n) is 9.66. The number of hydrogen-bond donors (Lipinski definition) is 1. The van der Waals surface area contributed by atoms with Gasteiger partial charge in [-0.2, -0.15) is 13.2 Å². The molecule has 0 aliphatic carbocycles. The molecule has 0 fully saturated rings. The van der Waals surface area contributed by atoms with Gasteiger partial charge in [0.15, 0.2) is 5.78 Å². The Morgan fingerprint density at radius 3 is 1.83 bits per heavy atom. The van der Waals surface area contributed by atoms with Crippen LogP contribution in [-0.4, -0.2) is 35.2 Å². The molecule has 0 amide bonds. The number of carbonyl (C=O) groups is 1. The third-order valence-corrected chi connectivity index (χ3v) is 7.88. The molecule has 3 rings (SSSR count). The van der Waals surface area contributed by atoms with Crippen molar-refractivity contribution in [2.24, 2.45) is 0 Å². The first kappa shape index (κ1) is 29.4. The van der Waals surface area contributed by atoms with E-state index in [4.69, 9.17) is 9.47 Å². The van der Waals surface area contributed by atoms with E-state index in [9.17, 15) is 34.8 Å². The van der Waals surface area contributed by atoms with Crippen molar-refractivity contribution in [3.63, 3.8) is 0 Å². The van der Waals surface area contributed by atoms with Gasteiger partial charge in [0, 0.05) is 17.2 Å². The van der Waals surface area contributed by atoms with Crippen molar-refractivity contribution in [2.75, 3.05) is 7.11 Å². The molecule has 14 heteroatoms. The van der Waals surface area contributed by atoms with Crippen molar-refractivity contribution in [1.82, 2.24) is 4.13 Å². The molecule has 0 spiro atoms. The third kappa shape index (κ3) is 6.68. The van der Waals surface area contributed by atoms with E-state index < -0.39 is 36.2 Å². The molecule has 186 valence electrons. The van der Waals surface area contributed by atoms with Crippen LogP contribution >= 0.6 is 0 Å². The molecule has 3 aromatic carbocycles. The number of methoxy groups -OCH3 is 1. The molecule has 0 aliphatic heterocycles. The van der Waals surface area contributed by atoms with Gasteiger partial charge in [-0.25, -0.2) is 16.8 Å². The molecule has 0 bridgehead atoms. The molecule has 3 aromatic rings. The summed E-state index contributed by atoms with van der Waals surface area (Å²) in [7, 11) is -10.4. The summed E-state index contributed by atoms with van der Waals surface area (Å²) in [5, 5.41) is 0. The number of ether oxygens (including phenoxy) is 2. The molecule has 36 heavy (non-hydrogen) atoms. The molecule has 8 nitrogen and oxygen atoms in total. The molecule has 0 aromatic heterocycles. The van der Waals surface area contributed by atoms with Crippen LogP contribution < -0.4 is 32.5 Å². The molecule has 0 saturated heterocycles. The van der Waals surface area contributed by atoms with Crippen LogP contribution in [0, 0.1) is 6.92 Å². The van der Waals surface area contributed by atoms with Gasteiger partial charge in [-0.1, -0.05) is 34.0 Å². The first-order chi connectivity index (χ1) is 16.2. The summed E-state index contributed by atoms with van der Waals surface area (Å²) in [6, 6.07) is 16.0. The summed E-state index contributed by atoms with van der Waals surface area (Å²) in [6.07, 6.45) is 0. The van der Waals surface area contributed by atoms with Crippen molar-refractivity contribution in [2.45, 2.75) is 17.3 Å². The number of halogens is 3. The summed E-state index contributed by atoms with van der Waals surface area (Å²) in [5.74, 6) is -0.615. The minimum Gasteiger partial charge on any atom is -0.495 e. The Bertz CT molecular complexity index is 1460. The second-order valence-electron chi connectivity index (χ2n) is 7.17. The van der Waals surface area contributed by atoms with Crippen LogP contribution in [0.2, 0.25) is 0 Å². The van der Waals surface area contributed by atoms with E-state index in [0.29, 0.717) is 15.3 Å². The molecule has 0 heterocycles. The van der Waals surface area contributed by atoms with E-state index in [1.165, 1.54) is 30.3 Å². The quantitative estimate of drug-likeness (QED) is 0.339. The predicted octanol–water partition coefficient (Wildman–Crippen LogP) is 1.16. The number of carbonyl (C=O) groups excluding carboxylic acids is 1. The standard InChI is InChI=1S/C22H18F3NO7S2.Li/c1-14-3-5-15(6-4-14)21(27)16-7-9-17(10-8-16)33-18-11-12-19(32-2)20(13-18)34(28,29)26-35(30,31)22(23,24)25;/h3-13,26H,1-2H3;/q;+1. The molecule has 1 N–H and O–H groups in total. The van der Waals surface area contributed by atoms with E-state index in [-0.39, 0.29) is 36.1 Å². The maximum atomic E-state index is 12.6. The minimum absolute atomic E-state index is 0. The Kier molecular flexibility index (Phi) is 9.04. The fourth-order valence-electron chi connectivity index (χ4n) is 2.85. The summed E-state index contributed by atoms with van der Waals surface area (Å²) >= 11 is 0. The average molecular weight is 536 g/mol. The molecule has 0 unspecified atom stereocenters. The normalized spacial score (nSPS) is 11.9. The fraction of sp³-hybridized carbons (Fsp3) is 0.136. The summed E-state index contributed by atoms with van der Waals surface area (Å²) in [6.45, 7) is 1.89. The van der Waals surface area contributed by atoms with Crippen LogP contribution in [0.25, 0.3) is 0 Å². The number of aryl methyl sites for hydroxylation is 1. The zero-order chi connectivity index (χ0) is 26.0. The van der Waals surface area contributed by atoms with Gasteiger partial charge in [0.25, 0.3) is 10.0 Å². The van der Waals surface area contributed by atoms with Gasteiger partial charge in [-0.3, -0.25) is 4.79 Å². The molecule has 0 aliphatic rings. The SMILES string of the molecule is COc1ccc(Oc2ccc(C(=O)c3ccc(C)cc3)cc2)cc1S(=O)(=O)NS(=O)(=O)C(F)(F)F.[Li+]. The largest absolute Gasteiger partial charge is 1.00 e. The van der Waals surface area contributed by atoms with Gasteiger partial charge in [-0.15, -0.1) is 0 Å². The predicted molar refractivity (Wildman–Crippen MR) is 119 cm³/mol. The second-order valence-corrected chi connectivity index (χ2v) is 10.8. The maximum absolute atomic E-state index is 12.6. The van der Waals surface area contributed by atoms with Crippen molar-refractivity contribution in [3.05, 3.63) is 83.4 Å². The van der Waals surface area contributed by atoms with E-state index >= 15 is 0 Å². The van der Waals surface area contributed by atoms with Gasteiger partial charge in [0.1, 0.15) is 22.1 Å². The first-order valence-corrected chi connectivity index (χ1v) is 12.6. The van der Waals surface area contributed by atoms with Crippen molar-refractivity contribution in [1.29, 1.82) is 0 Å². The Balaban J connectivity index is 0.00000456. The van der Waals surface area contributed by atoms with Gasteiger partial charge in [0.05, 0.1) is 7.11 Å². The average Bonchev–Trinajstić information content (AvgIpc) is 2.78. The zero-order valence-electron chi connectivity index (χ0n) is 19.2. The smallest absolute Gasteiger partial charge is 0.495 e. The minimum atomic E-state index is -6.20. The number of rotatable bonds is 8. The Labute approximate surface area is 217 Å². The third-order valence-electron chi connectivity index (χ3n) is 4.61. The Morgan fingerprint density at radius 2 is 1.33 bits per heavy atom. The molecular formula is C22H18F3LiNO7S2+. The van der Waals surface area contributed by atoms with Crippen molar-refractivity contribution in [3.8, 4) is 17.2 Å². The second kappa shape index (κ2) is 11.1. The monoisotopic (exact) mass is 536 g/mol. The van der Waals surface area contributed by atoms with Crippen LogP contribution in [-0.2, 0) is 20.0 Å². The zero-order valence-corrected chi connectivity index (χ0v) is 20.8. The Morgan fingerprint density at radius 1 is 0.833 bits per heavy atom. The fourth-order valence-corrected chi connectivity index (χ4v) is 5.43. The summed E-state index contributed by atoms with van der Waals surface area (Å²) < 4.78 is 96.4. The number of alkyl halides is 3. The maximum Gasteiger partial charge on any atom is 1.00 e. The van der Waals surface area contributed by atoms with Crippen LogP contribution in [0.1, 0.15) is 21.5 Å². The number of hydrogen-bond acceptors (Lipinski definition) is 7. The molecule has 0 radical (unpaired) electrons. The van der Waals surface area contributed by atoms with E-state index in [1.54, 1.807) is 24.3 Å². The number of nitrogens with one attached hydrogen (secondary N) is 1. The van der Waals surface area contributed by atoms with Gasteiger partial charge in [-0.05, 0) is 43.3 Å². The topological polar surface area (TPSA) is 116 Å². The van der Waals surface area contributed by atoms with Gasteiger partial charge in [0.2, 0.25) is 0 Å². The summed E-state index contributed by atoms with van der Waals surface area (Å²) in [5.41, 5.74) is -4.01. The molecular weight excluding hydrogens is 518 g/mol. The molecule has 0 saturated carbocycles. The number of sulfonamides is 2. The summed E-state index contributed by atoms with van der Waals surface area (Å²) in [4.78, 5) is 11.7. The van der Waals surface area contributed by atoms with E-state index in [2.05, 4.69) is 0 Å². The van der Waals surface area contributed by atoms with Crippen molar-refractivity contribution < 1.29 is 63.1 Å². The number of ketones is 1. The van der Waals surface area contributed by atoms with E-state index in [0.717, 1.165) is 24.8 Å². The molecule has 0 atom stereocenters. The van der Waals surface area contributed by atoms with Crippen LogP contribution in [0.3, 0.4) is 0 Å². The van der Waals surface area contributed by atoms with E-state index in [1.807, 2.05) is 6.92 Å². The van der Waals surface area contributed by atoms with Crippen molar-refractivity contribution >= 4 is 25.8 Å². The number of benzene rings is 3. The van der Waals surface area contributed by atoms with Crippen LogP contribution in [0.4, 0.5) is 13.2 Å². The van der Waals surface area contributed by atoms with Gasteiger partial charge >= 0.3 is 34.4 Å².